The molecule has 10 nitrogen and oxygen atoms in total. The molecule has 39 heavy (non-hydrogen) atoms. The van der Waals surface area contributed by atoms with Gasteiger partial charge in [0, 0.05) is 47.8 Å². The number of halogens is 1. The molecule has 2 aliphatic rings. The molecule has 0 radical (unpaired) electrons. The lowest BCUT2D eigenvalue weighted by molar-refractivity contribution is -0.126. The molecule has 204 valence electrons. The maximum absolute atomic E-state index is 13.4. The van der Waals surface area contributed by atoms with E-state index in [1.54, 1.807) is 17.2 Å². The largest absolute Gasteiger partial charge is 0.476 e. The van der Waals surface area contributed by atoms with Gasteiger partial charge in [-0.2, -0.15) is 10.1 Å². The molecule has 0 spiro atoms. The molecule has 0 atom stereocenters. The number of aliphatic imine (C=N–C) groups is 1. The van der Waals surface area contributed by atoms with Gasteiger partial charge in [-0.15, -0.1) is 0 Å². The zero-order chi connectivity index (χ0) is 27.4. The molecule has 0 bridgehead atoms. The monoisotopic (exact) mass is 533 g/mol. The number of carbonyl (C=O) groups excluding carboxylic acids is 2. The van der Waals surface area contributed by atoms with Crippen LogP contribution in [0.25, 0.3) is 0 Å². The first-order valence-corrected chi connectivity index (χ1v) is 13.3. The number of aromatic nitrogens is 4. The highest BCUT2D eigenvalue weighted by Gasteiger charge is 2.36. The second kappa shape index (κ2) is 11.7. The van der Waals surface area contributed by atoms with E-state index in [-0.39, 0.29) is 23.9 Å². The Bertz CT molecular complexity index is 1330. The summed E-state index contributed by atoms with van der Waals surface area (Å²) in [6.45, 7) is 4.83. The fourth-order valence-corrected chi connectivity index (χ4v) is 5.15. The Balaban J connectivity index is 1.37. The van der Waals surface area contributed by atoms with E-state index >= 15 is 0 Å². The number of pyridine rings is 1. The van der Waals surface area contributed by atoms with Crippen LogP contribution in [0.2, 0.25) is 0 Å². The number of rotatable bonds is 8. The first-order valence-electron chi connectivity index (χ1n) is 13.3. The highest BCUT2D eigenvalue weighted by molar-refractivity contribution is 6.12. The van der Waals surface area contributed by atoms with Crippen molar-refractivity contribution in [1.82, 2.24) is 25.1 Å². The normalized spacial score (nSPS) is 19.8. The molecular weight excluding hydrogens is 501 g/mol. The summed E-state index contributed by atoms with van der Waals surface area (Å²) in [4.78, 5) is 40.6. The first kappa shape index (κ1) is 26.5. The number of amides is 2. The molecule has 2 aromatic heterocycles. The van der Waals surface area contributed by atoms with Crippen molar-refractivity contribution in [3.63, 3.8) is 0 Å². The van der Waals surface area contributed by atoms with Crippen LogP contribution in [0.5, 0.6) is 5.88 Å². The summed E-state index contributed by atoms with van der Waals surface area (Å²) in [6.07, 6.45) is 8.37. The highest BCUT2D eigenvalue weighted by atomic mass is 19.1. The molecule has 5 rings (SSSR count). The van der Waals surface area contributed by atoms with Gasteiger partial charge in [0.1, 0.15) is 30.9 Å². The molecular formula is C28H32FN7O3. The summed E-state index contributed by atoms with van der Waals surface area (Å²) in [5, 5.41) is 7.10. The summed E-state index contributed by atoms with van der Waals surface area (Å²) >= 11 is 0. The maximum atomic E-state index is 13.4. The number of amidine groups is 1. The van der Waals surface area contributed by atoms with Crippen molar-refractivity contribution in [2.45, 2.75) is 64.6 Å². The zero-order valence-electron chi connectivity index (χ0n) is 22.1. The third-order valence-electron chi connectivity index (χ3n) is 7.05. The van der Waals surface area contributed by atoms with Gasteiger partial charge in [-0.05, 0) is 63.8 Å². The minimum absolute atomic E-state index is 0.0277. The van der Waals surface area contributed by atoms with Crippen LogP contribution < -0.4 is 15.0 Å². The molecule has 0 unspecified atom stereocenters. The van der Waals surface area contributed by atoms with E-state index in [1.807, 2.05) is 19.9 Å². The number of hydrogen-bond donors (Lipinski definition) is 1. The van der Waals surface area contributed by atoms with E-state index in [0.29, 0.717) is 36.9 Å². The lowest BCUT2D eigenvalue weighted by Gasteiger charge is -2.36. The summed E-state index contributed by atoms with van der Waals surface area (Å²) in [5.74, 6) is 0.323. The lowest BCUT2D eigenvalue weighted by atomic mass is 9.84. The number of hydrogen-bond acceptors (Lipinski definition) is 6. The smallest absolute Gasteiger partial charge is 0.278 e. The van der Waals surface area contributed by atoms with Crippen molar-refractivity contribution in [2.75, 3.05) is 11.5 Å². The third kappa shape index (κ3) is 6.30. The number of ether oxygens (including phenoxy) is 1. The molecule has 0 saturated heterocycles. The molecule has 1 fully saturated rings. The van der Waals surface area contributed by atoms with Crippen LogP contribution in [0.1, 0.15) is 55.5 Å². The molecule has 1 N–H and O–H groups in total. The molecule has 3 heterocycles. The average molecular weight is 534 g/mol. The van der Waals surface area contributed by atoms with Crippen LogP contribution in [0.15, 0.2) is 54.2 Å². The van der Waals surface area contributed by atoms with Crippen molar-refractivity contribution in [3.8, 4) is 5.88 Å². The van der Waals surface area contributed by atoms with Gasteiger partial charge in [-0.3, -0.25) is 9.59 Å². The van der Waals surface area contributed by atoms with Crippen LogP contribution in [0.3, 0.4) is 0 Å². The topological polar surface area (TPSA) is 115 Å². The van der Waals surface area contributed by atoms with Gasteiger partial charge in [0.2, 0.25) is 11.8 Å². The summed E-state index contributed by atoms with van der Waals surface area (Å²) in [5.41, 5.74) is 2.18. The zero-order valence-corrected chi connectivity index (χ0v) is 22.1. The first-order chi connectivity index (χ1) is 18.9. The summed E-state index contributed by atoms with van der Waals surface area (Å²) in [7, 11) is 0. The number of fused-ring (bicyclic) bond motifs is 1. The Labute approximate surface area is 226 Å². The Morgan fingerprint density at radius 1 is 1.18 bits per heavy atom. The Morgan fingerprint density at radius 3 is 2.64 bits per heavy atom. The molecule has 2 amide bonds. The van der Waals surface area contributed by atoms with E-state index in [0.717, 1.165) is 36.9 Å². The predicted octanol–water partition coefficient (Wildman–Crippen LogP) is 3.58. The Kier molecular flexibility index (Phi) is 7.94. The van der Waals surface area contributed by atoms with Crippen molar-refractivity contribution in [2.24, 2.45) is 10.9 Å². The van der Waals surface area contributed by atoms with Crippen LogP contribution in [0.4, 0.5) is 10.1 Å². The van der Waals surface area contributed by atoms with Crippen LogP contribution in [-0.4, -0.2) is 56.1 Å². The van der Waals surface area contributed by atoms with Gasteiger partial charge in [0.05, 0.1) is 12.2 Å². The van der Waals surface area contributed by atoms with E-state index in [4.69, 9.17) is 4.74 Å². The van der Waals surface area contributed by atoms with Gasteiger partial charge in [-0.1, -0.05) is 0 Å². The van der Waals surface area contributed by atoms with Gasteiger partial charge in [0.15, 0.2) is 0 Å². The SMILES string of the molecule is CC(C)NC(=O)C1CCC(N2C(=NC(=O)c3ccc(F)cc3)Cc3cnc(OCCn4cncn4)cc32)CC1. The number of anilines is 1. The fraction of sp³-hybridized carbons (Fsp3) is 0.429. The highest BCUT2D eigenvalue weighted by Crippen LogP contribution is 2.38. The lowest BCUT2D eigenvalue weighted by Crippen LogP contribution is -2.44. The number of nitrogens with zero attached hydrogens (tertiary/aromatic N) is 6. The van der Waals surface area contributed by atoms with Gasteiger partial charge >= 0.3 is 0 Å². The average Bonchev–Trinajstić information content (AvgIpc) is 3.56. The summed E-state index contributed by atoms with van der Waals surface area (Å²) < 4.78 is 21.0. The Morgan fingerprint density at radius 2 is 1.95 bits per heavy atom. The van der Waals surface area contributed by atoms with Crippen molar-refractivity contribution in [3.05, 3.63) is 66.1 Å². The van der Waals surface area contributed by atoms with E-state index in [2.05, 4.69) is 30.3 Å². The van der Waals surface area contributed by atoms with Gasteiger partial charge in [-0.25, -0.2) is 19.0 Å². The minimum atomic E-state index is -0.426. The van der Waals surface area contributed by atoms with Crippen LogP contribution >= 0.6 is 0 Å². The second-order valence-electron chi connectivity index (χ2n) is 10.2. The summed E-state index contributed by atoms with van der Waals surface area (Å²) in [6, 6.07) is 7.45. The molecule has 1 aromatic carbocycles. The third-order valence-corrected chi connectivity index (χ3v) is 7.05. The molecule has 1 aliphatic carbocycles. The molecule has 1 saturated carbocycles. The van der Waals surface area contributed by atoms with Crippen molar-refractivity contribution >= 4 is 23.3 Å². The van der Waals surface area contributed by atoms with Gasteiger partial charge in [0.25, 0.3) is 5.91 Å². The molecule has 1 aliphatic heterocycles. The van der Waals surface area contributed by atoms with Crippen LogP contribution in [-0.2, 0) is 17.8 Å². The van der Waals surface area contributed by atoms with E-state index < -0.39 is 11.7 Å². The standard InChI is InChI=1S/C28H32FN7O3/c1-18(2)33-27(37)20-5-9-23(10-6-20)36-24-14-26(39-12-11-35-17-30-16-32-35)31-15-21(24)13-25(36)34-28(38)19-3-7-22(29)8-4-19/h3-4,7-8,14-18,20,23H,5-6,9-13H2,1-2H3,(H,33,37). The van der Waals surface area contributed by atoms with Crippen molar-refractivity contribution in [1.29, 1.82) is 0 Å². The van der Waals surface area contributed by atoms with E-state index in [1.165, 1.54) is 30.6 Å². The Hall–Kier alpha value is -4.15. The second-order valence-corrected chi connectivity index (χ2v) is 10.2. The molecule has 11 heteroatoms. The van der Waals surface area contributed by atoms with Gasteiger partial charge < -0.3 is 15.0 Å². The predicted molar refractivity (Wildman–Crippen MR) is 143 cm³/mol. The quantitative estimate of drug-likeness (QED) is 0.471. The maximum Gasteiger partial charge on any atom is 0.278 e. The number of carbonyl (C=O) groups is 2. The van der Waals surface area contributed by atoms with Crippen molar-refractivity contribution < 1.29 is 18.7 Å². The molecule has 3 aromatic rings. The number of benzene rings is 1. The minimum Gasteiger partial charge on any atom is -0.476 e. The van der Waals surface area contributed by atoms with E-state index in [9.17, 15) is 14.0 Å². The van der Waals surface area contributed by atoms with Crippen LogP contribution in [0, 0.1) is 11.7 Å². The fourth-order valence-electron chi connectivity index (χ4n) is 5.15. The number of nitrogens with one attached hydrogen (secondary N) is 1.